The van der Waals surface area contributed by atoms with E-state index in [1.165, 1.54) is 0 Å². The van der Waals surface area contributed by atoms with Crippen LogP contribution in [0.3, 0.4) is 0 Å². The van der Waals surface area contributed by atoms with Gasteiger partial charge in [0, 0.05) is 37.9 Å². The van der Waals surface area contributed by atoms with Crippen molar-refractivity contribution >= 4 is 30.7 Å². The van der Waals surface area contributed by atoms with E-state index in [-0.39, 0.29) is 36.8 Å². The van der Waals surface area contributed by atoms with Crippen LogP contribution in [0.5, 0.6) is 0 Å². The van der Waals surface area contributed by atoms with Crippen molar-refractivity contribution in [2.24, 2.45) is 0 Å². The largest absolute Gasteiger partial charge is 0.378 e. The molecule has 0 saturated carbocycles. The normalized spacial score (nSPS) is 16.2. The van der Waals surface area contributed by atoms with Crippen molar-refractivity contribution in [2.45, 2.75) is 19.0 Å². The Labute approximate surface area is 160 Å². The van der Waals surface area contributed by atoms with Crippen molar-refractivity contribution < 1.29 is 9.53 Å². The van der Waals surface area contributed by atoms with Crippen LogP contribution in [0, 0.1) is 0 Å². The van der Waals surface area contributed by atoms with Gasteiger partial charge in [-0.3, -0.25) is 9.78 Å². The molecule has 1 aliphatic heterocycles. The number of carbonyl (C=O) groups excluding carboxylic acids is 1. The molecule has 136 valence electrons. The van der Waals surface area contributed by atoms with E-state index in [2.05, 4.69) is 27.8 Å². The average molecular weight is 384 g/mol. The molecule has 0 aliphatic carbocycles. The molecule has 2 N–H and O–H groups in total. The summed E-state index contributed by atoms with van der Waals surface area (Å²) in [6.45, 7) is 2.68. The summed E-state index contributed by atoms with van der Waals surface area (Å²) in [5, 5.41) is 6.24. The quantitative estimate of drug-likeness (QED) is 0.832. The van der Waals surface area contributed by atoms with E-state index in [9.17, 15) is 4.79 Å². The number of nitrogens with zero attached hydrogens (tertiary/aromatic N) is 1. The zero-order valence-corrected chi connectivity index (χ0v) is 15.4. The summed E-state index contributed by atoms with van der Waals surface area (Å²) >= 11 is 0. The maximum absolute atomic E-state index is 12.0. The van der Waals surface area contributed by atoms with Gasteiger partial charge in [0.1, 0.15) is 0 Å². The molecule has 1 saturated heterocycles. The topological polar surface area (TPSA) is 63.2 Å². The Morgan fingerprint density at radius 1 is 1.20 bits per heavy atom. The summed E-state index contributed by atoms with van der Waals surface area (Å²) < 4.78 is 5.35. The summed E-state index contributed by atoms with van der Waals surface area (Å²) in [5.74, 6) is 0.0457. The molecule has 1 aromatic carbocycles. The van der Waals surface area contributed by atoms with Crippen LogP contribution in [0.2, 0.25) is 0 Å². The second kappa shape index (κ2) is 11.1. The number of carbonyl (C=O) groups is 1. The number of rotatable bonds is 5. The molecule has 1 aromatic heterocycles. The fourth-order valence-corrected chi connectivity index (χ4v) is 2.60. The molecule has 1 fully saturated rings. The first-order valence-electron chi connectivity index (χ1n) is 7.88. The molecule has 0 spiro atoms. The lowest BCUT2D eigenvalue weighted by Crippen LogP contribution is -2.44. The van der Waals surface area contributed by atoms with Crippen molar-refractivity contribution in [2.75, 3.05) is 19.8 Å². The number of hydrogen-bond donors (Lipinski definition) is 2. The van der Waals surface area contributed by atoms with E-state index >= 15 is 0 Å². The van der Waals surface area contributed by atoms with E-state index in [0.717, 1.165) is 29.8 Å². The fourth-order valence-electron chi connectivity index (χ4n) is 2.60. The highest BCUT2D eigenvalue weighted by molar-refractivity contribution is 5.85. The van der Waals surface area contributed by atoms with Gasteiger partial charge in [-0.15, -0.1) is 24.8 Å². The van der Waals surface area contributed by atoms with Crippen LogP contribution in [0.1, 0.15) is 12.0 Å². The second-order valence-electron chi connectivity index (χ2n) is 5.65. The number of ether oxygens (including phenoxy) is 1. The van der Waals surface area contributed by atoms with E-state index in [4.69, 9.17) is 4.74 Å². The number of halogens is 2. The molecule has 1 unspecified atom stereocenters. The lowest BCUT2D eigenvalue weighted by atomic mass is 10.1. The number of pyridine rings is 1. The molecular weight excluding hydrogens is 361 g/mol. The van der Waals surface area contributed by atoms with Crippen LogP contribution in [-0.2, 0) is 16.1 Å². The average Bonchev–Trinajstić information content (AvgIpc) is 2.62. The summed E-state index contributed by atoms with van der Waals surface area (Å²) in [5.41, 5.74) is 3.29. The lowest BCUT2D eigenvalue weighted by molar-refractivity contribution is -0.122. The third-order valence-electron chi connectivity index (χ3n) is 3.87. The zero-order valence-electron chi connectivity index (χ0n) is 13.8. The number of hydrogen-bond acceptors (Lipinski definition) is 4. The summed E-state index contributed by atoms with van der Waals surface area (Å²) in [6, 6.07) is 12.2. The molecule has 7 heteroatoms. The Hall–Kier alpha value is -1.66. The third kappa shape index (κ3) is 6.63. The molecule has 2 heterocycles. The van der Waals surface area contributed by atoms with Gasteiger partial charge in [-0.05, 0) is 22.8 Å². The predicted molar refractivity (Wildman–Crippen MR) is 103 cm³/mol. The molecule has 1 atom stereocenters. The van der Waals surface area contributed by atoms with Gasteiger partial charge in [-0.25, -0.2) is 0 Å². The summed E-state index contributed by atoms with van der Waals surface area (Å²) in [7, 11) is 0. The Bertz CT molecular complexity index is 633. The highest BCUT2D eigenvalue weighted by Crippen LogP contribution is 2.18. The van der Waals surface area contributed by atoms with Gasteiger partial charge >= 0.3 is 0 Å². The third-order valence-corrected chi connectivity index (χ3v) is 3.87. The maximum atomic E-state index is 12.0. The first-order chi connectivity index (χ1) is 11.3. The summed E-state index contributed by atoms with van der Waals surface area (Å²) in [4.78, 5) is 16.1. The molecule has 1 amide bonds. The van der Waals surface area contributed by atoms with Crippen molar-refractivity contribution in [3.8, 4) is 11.1 Å². The number of benzene rings is 1. The van der Waals surface area contributed by atoms with Gasteiger partial charge in [0.25, 0.3) is 0 Å². The van der Waals surface area contributed by atoms with Crippen molar-refractivity contribution in [3.63, 3.8) is 0 Å². The highest BCUT2D eigenvalue weighted by atomic mass is 35.5. The van der Waals surface area contributed by atoms with E-state index in [1.807, 2.05) is 30.5 Å². The number of morpholine rings is 1. The van der Waals surface area contributed by atoms with Crippen LogP contribution in [0.25, 0.3) is 11.1 Å². The van der Waals surface area contributed by atoms with Crippen LogP contribution in [0.4, 0.5) is 0 Å². The van der Waals surface area contributed by atoms with E-state index < -0.39 is 0 Å². The molecule has 1 aliphatic rings. The zero-order chi connectivity index (χ0) is 15.9. The predicted octanol–water partition coefficient (Wildman–Crippen LogP) is 2.59. The minimum Gasteiger partial charge on any atom is -0.378 e. The molecule has 2 aromatic rings. The van der Waals surface area contributed by atoms with Crippen LogP contribution < -0.4 is 10.6 Å². The SMILES string of the molecule is Cl.Cl.O=C(CC1COCCN1)NCc1ccc(-c2cccnc2)cc1. The van der Waals surface area contributed by atoms with Gasteiger partial charge in [0.2, 0.25) is 5.91 Å². The number of amides is 1. The van der Waals surface area contributed by atoms with Gasteiger partial charge < -0.3 is 15.4 Å². The van der Waals surface area contributed by atoms with Crippen LogP contribution in [-0.4, -0.2) is 36.7 Å². The van der Waals surface area contributed by atoms with Gasteiger partial charge in [0.15, 0.2) is 0 Å². The van der Waals surface area contributed by atoms with Crippen LogP contribution in [0.15, 0.2) is 48.8 Å². The standard InChI is InChI=1S/C18H21N3O2.2ClH/c22-18(10-17-13-23-9-8-20-17)21-11-14-3-5-15(6-4-14)16-2-1-7-19-12-16;;/h1-7,12,17,20H,8-11,13H2,(H,21,22);2*1H. The Morgan fingerprint density at radius 3 is 2.64 bits per heavy atom. The second-order valence-corrected chi connectivity index (χ2v) is 5.65. The first-order valence-corrected chi connectivity index (χ1v) is 7.88. The monoisotopic (exact) mass is 383 g/mol. The van der Waals surface area contributed by atoms with Crippen molar-refractivity contribution in [3.05, 3.63) is 54.4 Å². The Kier molecular flexibility index (Phi) is 9.45. The van der Waals surface area contributed by atoms with Crippen molar-refractivity contribution in [1.29, 1.82) is 0 Å². The molecule has 25 heavy (non-hydrogen) atoms. The van der Waals surface area contributed by atoms with E-state index in [0.29, 0.717) is 19.6 Å². The van der Waals surface area contributed by atoms with Gasteiger partial charge in [0.05, 0.1) is 13.2 Å². The molecule has 0 radical (unpaired) electrons. The molecule has 0 bridgehead atoms. The molecule has 5 nitrogen and oxygen atoms in total. The Balaban J connectivity index is 0.00000156. The smallest absolute Gasteiger partial charge is 0.221 e. The van der Waals surface area contributed by atoms with Crippen molar-refractivity contribution in [1.82, 2.24) is 15.6 Å². The minimum atomic E-state index is 0. The minimum absolute atomic E-state index is 0. The number of aromatic nitrogens is 1. The summed E-state index contributed by atoms with van der Waals surface area (Å²) in [6.07, 6.45) is 4.06. The Morgan fingerprint density at radius 2 is 2.00 bits per heavy atom. The molecular formula is C18H23Cl2N3O2. The highest BCUT2D eigenvalue weighted by Gasteiger charge is 2.16. The maximum Gasteiger partial charge on any atom is 0.221 e. The first kappa shape index (κ1) is 21.4. The van der Waals surface area contributed by atoms with Crippen LogP contribution >= 0.6 is 24.8 Å². The lowest BCUT2D eigenvalue weighted by Gasteiger charge is -2.23. The number of nitrogens with one attached hydrogen (secondary N) is 2. The van der Waals surface area contributed by atoms with E-state index in [1.54, 1.807) is 6.20 Å². The van der Waals surface area contributed by atoms with Gasteiger partial charge in [-0.1, -0.05) is 30.3 Å². The van der Waals surface area contributed by atoms with Gasteiger partial charge in [-0.2, -0.15) is 0 Å². The fraction of sp³-hybridized carbons (Fsp3) is 0.333. The molecule has 3 rings (SSSR count).